The van der Waals surface area contributed by atoms with Crippen molar-refractivity contribution in [1.82, 2.24) is 4.98 Å². The fourth-order valence-corrected chi connectivity index (χ4v) is 6.87. The minimum atomic E-state index is -0.465. The number of ether oxygens (including phenoxy) is 1. The van der Waals surface area contributed by atoms with Gasteiger partial charge in [0.1, 0.15) is 17.3 Å². The van der Waals surface area contributed by atoms with Gasteiger partial charge in [0.15, 0.2) is 0 Å². The number of pyridine rings is 1. The summed E-state index contributed by atoms with van der Waals surface area (Å²) >= 11 is 1.36. The normalized spacial score (nSPS) is 16.2. The largest absolute Gasteiger partial charge is 0.383 e. The number of nitrogens with zero attached hydrogens (tertiary/aromatic N) is 3. The fourth-order valence-electron chi connectivity index (χ4n) is 5.73. The molecule has 41 heavy (non-hydrogen) atoms. The van der Waals surface area contributed by atoms with Crippen LogP contribution in [-0.2, 0) is 11.2 Å². The molecule has 4 heterocycles. The molecule has 0 unspecified atom stereocenters. The first kappa shape index (κ1) is 27.1. The molecule has 1 N–H and O–H groups in total. The molecule has 1 atom stereocenters. The Labute approximate surface area is 242 Å². The molecule has 0 radical (unpaired) electrons. The number of anilines is 3. The van der Waals surface area contributed by atoms with E-state index in [4.69, 9.17) is 9.72 Å². The lowest BCUT2D eigenvalue weighted by atomic mass is 10.1. The number of halogens is 1. The zero-order chi connectivity index (χ0) is 28.5. The average molecular weight is 571 g/mol. The number of fused-ring (bicyclic) bond motifs is 3. The highest BCUT2D eigenvalue weighted by molar-refractivity contribution is 7.17. The predicted molar refractivity (Wildman–Crippen MR) is 161 cm³/mol. The highest BCUT2D eigenvalue weighted by Gasteiger charge is 2.30. The van der Waals surface area contributed by atoms with E-state index in [0.29, 0.717) is 35.7 Å². The molecule has 0 spiro atoms. The van der Waals surface area contributed by atoms with Crippen molar-refractivity contribution in [2.24, 2.45) is 0 Å². The lowest BCUT2D eigenvalue weighted by Crippen LogP contribution is -2.35. The second kappa shape index (κ2) is 11.4. The van der Waals surface area contributed by atoms with Crippen LogP contribution in [0, 0.1) is 12.7 Å². The van der Waals surface area contributed by atoms with Gasteiger partial charge in [-0.15, -0.1) is 11.3 Å². The maximum absolute atomic E-state index is 14.4. The molecule has 2 aliphatic rings. The van der Waals surface area contributed by atoms with Gasteiger partial charge in [0.25, 0.3) is 11.8 Å². The van der Waals surface area contributed by atoms with Crippen LogP contribution >= 0.6 is 11.3 Å². The number of hydrogen-bond donors (Lipinski definition) is 1. The van der Waals surface area contributed by atoms with Crippen molar-refractivity contribution in [3.8, 4) is 10.4 Å². The highest BCUT2D eigenvalue weighted by atomic mass is 32.1. The molecule has 2 aromatic carbocycles. The molecular formula is C32H31FN4O3S. The van der Waals surface area contributed by atoms with Crippen LogP contribution in [0.15, 0.2) is 66.7 Å². The van der Waals surface area contributed by atoms with Crippen molar-refractivity contribution in [2.45, 2.75) is 32.2 Å². The predicted octanol–water partition coefficient (Wildman–Crippen LogP) is 6.33. The molecule has 210 valence electrons. The summed E-state index contributed by atoms with van der Waals surface area (Å²) in [4.78, 5) is 37.3. The Balaban J connectivity index is 1.28. The molecule has 2 aromatic heterocycles. The minimum absolute atomic E-state index is 0.162. The van der Waals surface area contributed by atoms with Gasteiger partial charge < -0.3 is 19.9 Å². The number of carbonyl (C=O) groups is 2. The van der Waals surface area contributed by atoms with Crippen molar-refractivity contribution in [3.63, 3.8) is 0 Å². The smallest absolute Gasteiger partial charge is 0.276 e. The number of para-hydroxylation sites is 2. The lowest BCUT2D eigenvalue weighted by Gasteiger charge is -2.26. The molecule has 1 saturated heterocycles. The average Bonchev–Trinajstić information content (AvgIpc) is 3.60. The van der Waals surface area contributed by atoms with Gasteiger partial charge in [-0.25, -0.2) is 9.37 Å². The summed E-state index contributed by atoms with van der Waals surface area (Å²) in [6.45, 7) is 3.71. The maximum atomic E-state index is 14.4. The second-order valence-corrected chi connectivity index (χ2v) is 11.5. The van der Waals surface area contributed by atoms with Crippen LogP contribution in [0.2, 0.25) is 0 Å². The van der Waals surface area contributed by atoms with Crippen LogP contribution in [0.1, 0.15) is 44.1 Å². The number of aromatic nitrogens is 1. The van der Waals surface area contributed by atoms with E-state index in [1.54, 1.807) is 37.1 Å². The van der Waals surface area contributed by atoms with Crippen molar-refractivity contribution < 1.29 is 18.7 Å². The third-order valence-corrected chi connectivity index (χ3v) is 8.98. The van der Waals surface area contributed by atoms with E-state index in [0.717, 1.165) is 46.9 Å². The van der Waals surface area contributed by atoms with Gasteiger partial charge in [-0.3, -0.25) is 9.59 Å². The molecule has 0 bridgehead atoms. The van der Waals surface area contributed by atoms with Crippen LogP contribution in [-0.4, -0.2) is 49.6 Å². The Hall–Kier alpha value is -4.08. The summed E-state index contributed by atoms with van der Waals surface area (Å²) in [5, 5.41) is 2.74. The lowest BCUT2D eigenvalue weighted by molar-refractivity contribution is 0.0981. The Morgan fingerprint density at radius 3 is 2.76 bits per heavy atom. The van der Waals surface area contributed by atoms with Crippen LogP contribution in [0.25, 0.3) is 10.4 Å². The molecule has 6 rings (SSSR count). The monoisotopic (exact) mass is 570 g/mol. The number of hydrogen-bond acceptors (Lipinski definition) is 6. The number of rotatable bonds is 6. The quantitative estimate of drug-likeness (QED) is 0.293. The van der Waals surface area contributed by atoms with E-state index in [2.05, 4.69) is 10.2 Å². The standard InChI is InChI=1S/C32H31FN4O3S/c1-20-8-5-11-24(33)29(20)35-31(38)27-18-21-15-17-37(26-13-4-3-10-23(26)30(21)41-27)32(39)25-12-6-14-28(34-25)36-16-7-9-22(36)19-40-2/h3-6,8,10-14,18,22H,7,9,15-17,19H2,1-2H3,(H,35,38)/t22-/m1/s1. The molecule has 1 fully saturated rings. The molecule has 7 nitrogen and oxygen atoms in total. The third kappa shape index (κ3) is 5.23. The first-order valence-corrected chi connectivity index (χ1v) is 14.6. The van der Waals surface area contributed by atoms with E-state index in [-0.39, 0.29) is 23.5 Å². The van der Waals surface area contributed by atoms with E-state index in [9.17, 15) is 14.0 Å². The zero-order valence-electron chi connectivity index (χ0n) is 23.0. The molecular weight excluding hydrogens is 539 g/mol. The van der Waals surface area contributed by atoms with Gasteiger partial charge >= 0.3 is 0 Å². The summed E-state index contributed by atoms with van der Waals surface area (Å²) in [6, 6.07) is 20.2. The number of aryl methyl sites for hydroxylation is 1. The molecule has 4 aromatic rings. The van der Waals surface area contributed by atoms with Gasteiger partial charge in [-0.1, -0.05) is 36.4 Å². The van der Waals surface area contributed by atoms with E-state index < -0.39 is 5.82 Å². The van der Waals surface area contributed by atoms with Gasteiger partial charge in [0.2, 0.25) is 0 Å². The number of nitrogens with one attached hydrogen (secondary N) is 1. The van der Waals surface area contributed by atoms with Crippen molar-refractivity contribution in [2.75, 3.05) is 41.9 Å². The number of benzene rings is 2. The minimum Gasteiger partial charge on any atom is -0.383 e. The maximum Gasteiger partial charge on any atom is 0.276 e. The highest BCUT2D eigenvalue weighted by Crippen LogP contribution is 2.42. The molecule has 2 amide bonds. The number of methoxy groups -OCH3 is 1. The van der Waals surface area contributed by atoms with E-state index in [1.807, 2.05) is 42.5 Å². The Kier molecular flexibility index (Phi) is 7.55. The zero-order valence-corrected chi connectivity index (χ0v) is 23.8. The summed E-state index contributed by atoms with van der Waals surface area (Å²) in [5.74, 6) is -0.188. The van der Waals surface area contributed by atoms with Crippen LogP contribution in [0.3, 0.4) is 0 Å². The second-order valence-electron chi connectivity index (χ2n) is 10.4. The van der Waals surface area contributed by atoms with Crippen molar-refractivity contribution >= 4 is 40.3 Å². The summed E-state index contributed by atoms with van der Waals surface area (Å²) in [6.07, 6.45) is 2.67. The number of carbonyl (C=O) groups excluding carboxylic acids is 2. The van der Waals surface area contributed by atoms with E-state index >= 15 is 0 Å². The van der Waals surface area contributed by atoms with Crippen molar-refractivity contribution in [1.29, 1.82) is 0 Å². The summed E-state index contributed by atoms with van der Waals surface area (Å²) in [5.41, 5.74) is 3.89. The molecule has 0 aliphatic carbocycles. The summed E-state index contributed by atoms with van der Waals surface area (Å²) in [7, 11) is 1.71. The number of amides is 2. The van der Waals surface area contributed by atoms with Gasteiger partial charge in [-0.05, 0) is 67.6 Å². The third-order valence-electron chi connectivity index (χ3n) is 7.77. The van der Waals surface area contributed by atoms with Crippen LogP contribution in [0.5, 0.6) is 0 Å². The van der Waals surface area contributed by atoms with Crippen LogP contribution in [0.4, 0.5) is 21.6 Å². The van der Waals surface area contributed by atoms with Gasteiger partial charge in [-0.2, -0.15) is 0 Å². The Morgan fingerprint density at radius 2 is 1.93 bits per heavy atom. The fraction of sp³-hybridized carbons (Fsp3) is 0.281. The van der Waals surface area contributed by atoms with Crippen molar-refractivity contribution in [3.05, 3.63) is 94.2 Å². The number of thiophene rings is 1. The topological polar surface area (TPSA) is 74.8 Å². The first-order valence-electron chi connectivity index (χ1n) is 13.8. The van der Waals surface area contributed by atoms with Gasteiger partial charge in [0.05, 0.1) is 28.9 Å². The Bertz CT molecular complexity index is 1600. The van der Waals surface area contributed by atoms with Gasteiger partial charge in [0, 0.05) is 30.6 Å². The van der Waals surface area contributed by atoms with Crippen LogP contribution < -0.4 is 15.1 Å². The SMILES string of the molecule is COC[C@H]1CCCN1c1cccc(C(=O)N2CCc3cc(C(=O)Nc4c(C)cccc4F)sc3-c3ccccc32)n1. The first-order chi connectivity index (χ1) is 19.9. The Morgan fingerprint density at radius 1 is 1.10 bits per heavy atom. The summed E-state index contributed by atoms with van der Waals surface area (Å²) < 4.78 is 19.8. The molecule has 0 saturated carbocycles. The van der Waals surface area contributed by atoms with E-state index in [1.165, 1.54) is 17.4 Å². The molecule has 2 aliphatic heterocycles. The molecule has 9 heteroatoms.